The van der Waals surface area contributed by atoms with Crippen LogP contribution < -0.4 is 17.3 Å². The lowest BCUT2D eigenvalue weighted by Gasteiger charge is -2.07. The van der Waals surface area contributed by atoms with Gasteiger partial charge in [0.05, 0.1) is 0 Å². The topological polar surface area (TPSA) is 109 Å². The molecule has 6 heteroatoms. The average molecular weight is 182 g/mol. The van der Waals surface area contributed by atoms with Crippen molar-refractivity contribution in [3.63, 3.8) is 0 Å². The minimum atomic E-state index is 0.260. The van der Waals surface area contributed by atoms with Gasteiger partial charge in [-0.25, -0.2) is 4.68 Å². The molecule has 1 aromatic rings. The van der Waals surface area contributed by atoms with Crippen molar-refractivity contribution < 1.29 is 0 Å². The van der Waals surface area contributed by atoms with Crippen LogP contribution in [0.4, 0.5) is 5.95 Å². The fraction of sp³-hybridized carbons (Fsp3) is 0.714. The second-order valence-corrected chi connectivity index (χ2v) is 3.56. The van der Waals surface area contributed by atoms with E-state index in [0.717, 1.165) is 25.1 Å². The summed E-state index contributed by atoms with van der Waals surface area (Å²) in [5.74, 6) is 6.99. The van der Waals surface area contributed by atoms with Crippen LogP contribution in [0.25, 0.3) is 0 Å². The van der Waals surface area contributed by atoms with Gasteiger partial charge in [-0.2, -0.15) is 0 Å². The van der Waals surface area contributed by atoms with Crippen molar-refractivity contribution in [2.75, 3.05) is 11.6 Å². The molecule has 0 saturated heterocycles. The van der Waals surface area contributed by atoms with E-state index in [4.69, 9.17) is 17.3 Å². The summed E-state index contributed by atoms with van der Waals surface area (Å²) in [6.07, 6.45) is 2.98. The van der Waals surface area contributed by atoms with Crippen LogP contribution in [0.3, 0.4) is 0 Å². The zero-order chi connectivity index (χ0) is 9.42. The second kappa shape index (κ2) is 2.88. The number of nitrogens with two attached hydrogens (primary N) is 3. The molecule has 1 heterocycles. The molecule has 0 radical (unpaired) electrons. The maximum absolute atomic E-state index is 5.79. The van der Waals surface area contributed by atoms with Crippen LogP contribution in [-0.2, 0) is 0 Å². The van der Waals surface area contributed by atoms with Crippen molar-refractivity contribution >= 4 is 5.95 Å². The van der Waals surface area contributed by atoms with Crippen LogP contribution in [0.1, 0.15) is 31.0 Å². The molecule has 1 aromatic heterocycles. The van der Waals surface area contributed by atoms with E-state index in [0.29, 0.717) is 5.92 Å². The Hall–Kier alpha value is -1.30. The van der Waals surface area contributed by atoms with E-state index in [9.17, 15) is 0 Å². The molecule has 1 aliphatic carbocycles. The van der Waals surface area contributed by atoms with Gasteiger partial charge in [0.15, 0.2) is 5.82 Å². The van der Waals surface area contributed by atoms with Crippen LogP contribution in [0, 0.1) is 0 Å². The van der Waals surface area contributed by atoms with Crippen molar-refractivity contribution in [1.82, 2.24) is 14.9 Å². The first-order chi connectivity index (χ1) is 6.18. The molecule has 0 aliphatic heterocycles. The molecule has 0 bridgehead atoms. The first kappa shape index (κ1) is 8.31. The maximum Gasteiger partial charge on any atom is 0.240 e. The zero-order valence-electron chi connectivity index (χ0n) is 7.35. The summed E-state index contributed by atoms with van der Waals surface area (Å²) in [6.45, 7) is 0. The SMILES string of the molecule is Nc1nnc(C2CCC(N)C2)n1N. The molecule has 6 nitrogen and oxygen atoms in total. The van der Waals surface area contributed by atoms with E-state index < -0.39 is 0 Å². The van der Waals surface area contributed by atoms with E-state index in [1.165, 1.54) is 4.68 Å². The van der Waals surface area contributed by atoms with Crippen molar-refractivity contribution in [1.29, 1.82) is 0 Å². The van der Waals surface area contributed by atoms with Crippen molar-refractivity contribution in [2.24, 2.45) is 5.73 Å². The van der Waals surface area contributed by atoms with Gasteiger partial charge >= 0.3 is 0 Å². The molecule has 72 valence electrons. The molecule has 1 saturated carbocycles. The number of rotatable bonds is 1. The molecule has 1 fully saturated rings. The van der Waals surface area contributed by atoms with Crippen molar-refractivity contribution in [3.8, 4) is 0 Å². The largest absolute Gasteiger partial charge is 0.366 e. The Kier molecular flexibility index (Phi) is 1.84. The van der Waals surface area contributed by atoms with Crippen LogP contribution in [0.2, 0.25) is 0 Å². The third-order valence-corrected chi connectivity index (χ3v) is 2.59. The van der Waals surface area contributed by atoms with Gasteiger partial charge in [0, 0.05) is 12.0 Å². The van der Waals surface area contributed by atoms with Crippen LogP contribution in [-0.4, -0.2) is 20.9 Å². The Morgan fingerprint density at radius 3 is 2.54 bits per heavy atom. The molecule has 0 spiro atoms. The Morgan fingerprint density at radius 1 is 1.31 bits per heavy atom. The highest BCUT2D eigenvalue weighted by Crippen LogP contribution is 2.32. The average Bonchev–Trinajstić information content (AvgIpc) is 2.62. The van der Waals surface area contributed by atoms with Gasteiger partial charge in [0.2, 0.25) is 5.95 Å². The van der Waals surface area contributed by atoms with Gasteiger partial charge in [0.25, 0.3) is 0 Å². The predicted octanol–water partition coefficient (Wildman–Crippen LogP) is -0.831. The van der Waals surface area contributed by atoms with Gasteiger partial charge < -0.3 is 17.3 Å². The van der Waals surface area contributed by atoms with Gasteiger partial charge in [-0.3, -0.25) is 0 Å². The molecule has 2 unspecified atom stereocenters. The molecule has 2 rings (SSSR count). The number of nitrogens with zero attached hydrogens (tertiary/aromatic N) is 3. The zero-order valence-corrected chi connectivity index (χ0v) is 7.35. The van der Waals surface area contributed by atoms with E-state index in [1.54, 1.807) is 0 Å². The quantitative estimate of drug-likeness (QED) is 0.491. The van der Waals surface area contributed by atoms with E-state index >= 15 is 0 Å². The molecule has 0 amide bonds. The summed E-state index contributed by atoms with van der Waals surface area (Å²) < 4.78 is 1.35. The highest BCUT2D eigenvalue weighted by atomic mass is 15.4. The van der Waals surface area contributed by atoms with Gasteiger partial charge in [-0.1, -0.05) is 0 Å². The minimum Gasteiger partial charge on any atom is -0.366 e. The first-order valence-corrected chi connectivity index (χ1v) is 4.40. The van der Waals surface area contributed by atoms with Crippen molar-refractivity contribution in [3.05, 3.63) is 5.82 Å². The van der Waals surface area contributed by atoms with Crippen LogP contribution in [0.5, 0.6) is 0 Å². The number of aromatic nitrogens is 3. The fourth-order valence-electron chi connectivity index (χ4n) is 1.85. The molecule has 2 atom stereocenters. The van der Waals surface area contributed by atoms with Gasteiger partial charge in [-0.05, 0) is 19.3 Å². The third-order valence-electron chi connectivity index (χ3n) is 2.59. The molecule has 1 aliphatic rings. The van der Waals surface area contributed by atoms with Crippen LogP contribution in [0.15, 0.2) is 0 Å². The molecule has 6 N–H and O–H groups in total. The third kappa shape index (κ3) is 1.33. The normalized spacial score (nSPS) is 28.1. The lowest BCUT2D eigenvalue weighted by Crippen LogP contribution is -2.19. The molecule has 0 aromatic carbocycles. The predicted molar refractivity (Wildman–Crippen MR) is 49.2 cm³/mol. The highest BCUT2D eigenvalue weighted by molar-refractivity contribution is 5.19. The summed E-state index contributed by atoms with van der Waals surface area (Å²) in [7, 11) is 0. The van der Waals surface area contributed by atoms with E-state index in [2.05, 4.69) is 10.2 Å². The lowest BCUT2D eigenvalue weighted by atomic mass is 10.1. The smallest absolute Gasteiger partial charge is 0.240 e. The molecule has 13 heavy (non-hydrogen) atoms. The summed E-state index contributed by atoms with van der Waals surface area (Å²) in [5.41, 5.74) is 11.3. The monoisotopic (exact) mass is 182 g/mol. The minimum absolute atomic E-state index is 0.260. The number of anilines is 1. The summed E-state index contributed by atoms with van der Waals surface area (Å²) in [5, 5.41) is 7.65. The standard InChI is InChI=1S/C7H14N6/c8-5-2-1-4(3-5)6-11-12-7(9)13(6)10/h4-5H,1-3,8,10H2,(H2,9,12). The Bertz CT molecular complexity index is 306. The summed E-state index contributed by atoms with van der Waals surface area (Å²) in [4.78, 5) is 0. The Morgan fingerprint density at radius 2 is 2.08 bits per heavy atom. The number of nitrogen functional groups attached to an aromatic ring is 2. The Balaban J connectivity index is 2.21. The van der Waals surface area contributed by atoms with Gasteiger partial charge in [-0.15, -0.1) is 10.2 Å². The van der Waals surface area contributed by atoms with E-state index in [1.807, 2.05) is 0 Å². The molecular weight excluding hydrogens is 168 g/mol. The summed E-state index contributed by atoms with van der Waals surface area (Å²) in [6, 6.07) is 0.267. The molecular formula is C7H14N6. The number of hydrogen-bond acceptors (Lipinski definition) is 5. The lowest BCUT2D eigenvalue weighted by molar-refractivity contribution is 0.625. The first-order valence-electron chi connectivity index (χ1n) is 4.40. The Labute approximate surface area is 76.1 Å². The second-order valence-electron chi connectivity index (χ2n) is 3.56. The van der Waals surface area contributed by atoms with Crippen LogP contribution >= 0.6 is 0 Å². The maximum atomic E-state index is 5.79. The number of hydrogen-bond donors (Lipinski definition) is 3. The summed E-state index contributed by atoms with van der Waals surface area (Å²) >= 11 is 0. The van der Waals surface area contributed by atoms with Gasteiger partial charge in [0.1, 0.15) is 0 Å². The van der Waals surface area contributed by atoms with E-state index in [-0.39, 0.29) is 12.0 Å². The fourth-order valence-corrected chi connectivity index (χ4v) is 1.85. The van der Waals surface area contributed by atoms with Crippen molar-refractivity contribution in [2.45, 2.75) is 31.2 Å². The highest BCUT2D eigenvalue weighted by Gasteiger charge is 2.27.